The van der Waals surface area contributed by atoms with Crippen LogP contribution in [0.3, 0.4) is 0 Å². The van der Waals surface area contributed by atoms with Crippen molar-refractivity contribution in [2.24, 2.45) is 0 Å². The molecule has 1 aromatic heterocycles. The van der Waals surface area contributed by atoms with E-state index in [1.807, 2.05) is 35.1 Å². The van der Waals surface area contributed by atoms with Crippen LogP contribution in [0.25, 0.3) is 18.0 Å². The third-order valence-electron chi connectivity index (χ3n) is 4.69. The van der Waals surface area contributed by atoms with Gasteiger partial charge in [-0.25, -0.2) is 9.07 Å². The Kier molecular flexibility index (Phi) is 4.06. The van der Waals surface area contributed by atoms with Gasteiger partial charge >= 0.3 is 0 Å². The number of alkyl halides is 1. The van der Waals surface area contributed by atoms with Crippen molar-refractivity contribution < 1.29 is 9.13 Å². The number of halogens is 2. The standard InChI is InChI=1S/C18H19ClFN3O/c1-22-11-16-15(10-17(22)20)18(12-6-8-24-9-7-12)21-23(16)14-4-2-13(19)3-5-14/h2-5,10-12,17H,6-9H2,1H3. The third kappa shape index (κ3) is 2.72. The van der Waals surface area contributed by atoms with Crippen molar-refractivity contribution in [3.8, 4) is 5.69 Å². The van der Waals surface area contributed by atoms with Crippen LogP contribution in [0.1, 0.15) is 24.5 Å². The Morgan fingerprint density at radius 2 is 1.92 bits per heavy atom. The number of hydrogen-bond donors (Lipinski definition) is 0. The number of fused-ring (bicyclic) bond motifs is 1. The molecule has 1 atom stereocenters. The monoisotopic (exact) mass is 347 g/mol. The zero-order valence-corrected chi connectivity index (χ0v) is 14.2. The molecule has 2 aliphatic heterocycles. The zero-order chi connectivity index (χ0) is 16.7. The van der Waals surface area contributed by atoms with E-state index in [0.717, 1.165) is 48.0 Å². The Morgan fingerprint density at radius 3 is 2.62 bits per heavy atom. The second kappa shape index (κ2) is 6.22. The van der Waals surface area contributed by atoms with Gasteiger partial charge in [-0.1, -0.05) is 11.6 Å². The molecule has 1 saturated heterocycles. The molecule has 1 aromatic carbocycles. The van der Waals surface area contributed by atoms with E-state index in [1.54, 1.807) is 18.0 Å². The van der Waals surface area contributed by atoms with Gasteiger partial charge in [0, 0.05) is 42.6 Å². The summed E-state index contributed by atoms with van der Waals surface area (Å²) in [4.78, 5) is 1.56. The molecule has 24 heavy (non-hydrogen) atoms. The van der Waals surface area contributed by atoms with Gasteiger partial charge in [-0.05, 0) is 43.2 Å². The Balaban J connectivity index is 1.90. The van der Waals surface area contributed by atoms with E-state index in [2.05, 4.69) is 0 Å². The molecular formula is C18H19ClFN3O. The average molecular weight is 348 g/mol. The summed E-state index contributed by atoms with van der Waals surface area (Å²) in [5, 5.41) is 7.35. The number of ether oxygens (including phenoxy) is 1. The predicted molar refractivity (Wildman–Crippen MR) is 92.2 cm³/mol. The summed E-state index contributed by atoms with van der Waals surface area (Å²) in [7, 11) is 1.73. The maximum Gasteiger partial charge on any atom is 0.191 e. The van der Waals surface area contributed by atoms with Crippen molar-refractivity contribution in [2.75, 3.05) is 20.3 Å². The van der Waals surface area contributed by atoms with Crippen LogP contribution in [0, 0.1) is 0 Å². The minimum atomic E-state index is -1.13. The van der Waals surface area contributed by atoms with Crippen LogP contribution in [0.15, 0.2) is 24.3 Å². The number of aromatic nitrogens is 2. The molecule has 6 heteroatoms. The molecule has 0 saturated carbocycles. The van der Waals surface area contributed by atoms with E-state index in [1.165, 1.54) is 0 Å². The van der Waals surface area contributed by atoms with Crippen LogP contribution in [0.2, 0.25) is 5.02 Å². The molecule has 2 aromatic rings. The molecule has 0 N–H and O–H groups in total. The Morgan fingerprint density at radius 1 is 1.21 bits per heavy atom. The summed E-state index contributed by atoms with van der Waals surface area (Å²) in [6, 6.07) is 7.54. The van der Waals surface area contributed by atoms with Crippen molar-refractivity contribution in [1.29, 1.82) is 0 Å². The Hall–Kier alpha value is -1.85. The Bertz CT molecular complexity index is 856. The maximum atomic E-state index is 14.2. The molecule has 4 rings (SSSR count). The first kappa shape index (κ1) is 15.7. The molecular weight excluding hydrogens is 329 g/mol. The summed E-state index contributed by atoms with van der Waals surface area (Å²) >= 11 is 6.00. The van der Waals surface area contributed by atoms with Gasteiger partial charge in [0.2, 0.25) is 0 Å². The van der Waals surface area contributed by atoms with E-state index >= 15 is 0 Å². The fourth-order valence-corrected chi connectivity index (χ4v) is 3.45. The van der Waals surface area contributed by atoms with Gasteiger partial charge in [-0.15, -0.1) is 0 Å². The summed E-state index contributed by atoms with van der Waals surface area (Å²) in [5.41, 5.74) is 1.89. The van der Waals surface area contributed by atoms with Gasteiger partial charge in [0.25, 0.3) is 0 Å². The first-order valence-electron chi connectivity index (χ1n) is 8.16. The van der Waals surface area contributed by atoms with Gasteiger partial charge in [-0.3, -0.25) is 0 Å². The highest BCUT2D eigenvalue weighted by molar-refractivity contribution is 6.30. The zero-order valence-electron chi connectivity index (χ0n) is 13.5. The quantitative estimate of drug-likeness (QED) is 0.780. The fraction of sp³-hybridized carbons (Fsp3) is 0.389. The topological polar surface area (TPSA) is 30.3 Å². The number of hydrogen-bond acceptors (Lipinski definition) is 3. The van der Waals surface area contributed by atoms with E-state index in [0.29, 0.717) is 10.9 Å². The van der Waals surface area contributed by atoms with E-state index in [4.69, 9.17) is 21.4 Å². The molecule has 0 spiro atoms. The summed E-state index contributed by atoms with van der Waals surface area (Å²) in [6.07, 6.45) is 4.21. The highest BCUT2D eigenvalue weighted by Crippen LogP contribution is 2.24. The Labute approximate surface area is 144 Å². The van der Waals surface area contributed by atoms with Crippen molar-refractivity contribution in [1.82, 2.24) is 14.7 Å². The molecule has 3 heterocycles. The minimum Gasteiger partial charge on any atom is -0.381 e. The molecule has 1 fully saturated rings. The summed E-state index contributed by atoms with van der Waals surface area (Å²) in [6.45, 7) is 1.46. The molecule has 4 nitrogen and oxygen atoms in total. The minimum absolute atomic E-state index is 0.307. The first-order valence-corrected chi connectivity index (χ1v) is 8.53. The van der Waals surface area contributed by atoms with E-state index in [-0.39, 0.29) is 0 Å². The van der Waals surface area contributed by atoms with Crippen LogP contribution in [0.4, 0.5) is 4.39 Å². The van der Waals surface area contributed by atoms with Crippen LogP contribution in [-0.4, -0.2) is 41.2 Å². The molecule has 0 amide bonds. The second-order valence-electron chi connectivity index (χ2n) is 6.29. The van der Waals surface area contributed by atoms with Crippen LogP contribution < -0.4 is 10.6 Å². The lowest BCUT2D eigenvalue weighted by Crippen LogP contribution is -2.41. The first-order chi connectivity index (χ1) is 11.6. The predicted octanol–water partition coefficient (Wildman–Crippen LogP) is 2.18. The van der Waals surface area contributed by atoms with Crippen LogP contribution in [0.5, 0.6) is 0 Å². The highest BCUT2D eigenvalue weighted by Gasteiger charge is 2.24. The van der Waals surface area contributed by atoms with Crippen molar-refractivity contribution >= 4 is 23.9 Å². The average Bonchev–Trinajstić information content (AvgIpc) is 2.95. The van der Waals surface area contributed by atoms with Crippen LogP contribution >= 0.6 is 11.6 Å². The lowest BCUT2D eigenvalue weighted by atomic mass is 9.95. The van der Waals surface area contributed by atoms with Gasteiger partial charge in [0.15, 0.2) is 6.30 Å². The van der Waals surface area contributed by atoms with Gasteiger partial charge in [-0.2, -0.15) is 5.10 Å². The van der Waals surface area contributed by atoms with Crippen LogP contribution in [-0.2, 0) is 4.74 Å². The number of nitrogens with zero attached hydrogens (tertiary/aromatic N) is 3. The van der Waals surface area contributed by atoms with E-state index in [9.17, 15) is 4.39 Å². The maximum absolute atomic E-state index is 14.2. The summed E-state index contributed by atoms with van der Waals surface area (Å²) in [5.74, 6) is 0.307. The van der Waals surface area contributed by atoms with Gasteiger partial charge in [0.1, 0.15) is 0 Å². The SMILES string of the molecule is CN1C=c2c(c(C3CCOCC3)nn2-c2ccc(Cl)cc2)=CC1F. The lowest BCUT2D eigenvalue weighted by Gasteiger charge is -2.21. The lowest BCUT2D eigenvalue weighted by molar-refractivity contribution is 0.0842. The van der Waals surface area contributed by atoms with Crippen molar-refractivity contribution in [3.63, 3.8) is 0 Å². The second-order valence-corrected chi connectivity index (χ2v) is 6.73. The van der Waals surface area contributed by atoms with Crippen molar-refractivity contribution in [3.05, 3.63) is 45.5 Å². The van der Waals surface area contributed by atoms with E-state index < -0.39 is 6.30 Å². The smallest absolute Gasteiger partial charge is 0.191 e. The molecule has 0 radical (unpaired) electrons. The largest absolute Gasteiger partial charge is 0.381 e. The van der Waals surface area contributed by atoms with Gasteiger partial charge < -0.3 is 9.64 Å². The number of rotatable bonds is 2. The molecule has 0 bridgehead atoms. The highest BCUT2D eigenvalue weighted by atomic mass is 35.5. The van der Waals surface area contributed by atoms with Gasteiger partial charge in [0.05, 0.1) is 16.7 Å². The summed E-state index contributed by atoms with van der Waals surface area (Å²) < 4.78 is 21.6. The third-order valence-corrected chi connectivity index (χ3v) is 4.94. The molecule has 1 unspecified atom stereocenters. The fourth-order valence-electron chi connectivity index (χ4n) is 3.33. The molecule has 0 aliphatic carbocycles. The normalized spacial score (nSPS) is 21.1. The molecule has 2 aliphatic rings. The van der Waals surface area contributed by atoms with Crippen molar-refractivity contribution in [2.45, 2.75) is 25.1 Å². The molecule has 126 valence electrons. The number of benzene rings is 1.